The zero-order chi connectivity index (χ0) is 21.3. The van der Waals surface area contributed by atoms with E-state index < -0.39 is 0 Å². The highest BCUT2D eigenvalue weighted by atomic mass is 16.5. The maximum absolute atomic E-state index is 5.48. The molecule has 8 nitrogen and oxygen atoms in total. The van der Waals surface area contributed by atoms with E-state index in [1.807, 2.05) is 29.0 Å². The number of hydrogen-bond donors (Lipinski definition) is 2. The lowest BCUT2D eigenvalue weighted by molar-refractivity contribution is 0.0730. The van der Waals surface area contributed by atoms with E-state index in [1.165, 1.54) is 25.7 Å². The van der Waals surface area contributed by atoms with Crippen LogP contribution in [0.15, 0.2) is 30.6 Å². The monoisotopic (exact) mass is 433 g/mol. The third-order valence-electron chi connectivity index (χ3n) is 7.01. The molecule has 168 valence electrons. The predicted octanol–water partition coefficient (Wildman–Crippen LogP) is 3.56. The Hall–Kier alpha value is -2.58. The van der Waals surface area contributed by atoms with Crippen LogP contribution in [0.2, 0.25) is 0 Å². The summed E-state index contributed by atoms with van der Waals surface area (Å²) in [5, 5.41) is 12.1. The summed E-state index contributed by atoms with van der Waals surface area (Å²) < 4.78 is 7.34. The summed E-state index contributed by atoms with van der Waals surface area (Å²) in [6.45, 7) is 1.79. The van der Waals surface area contributed by atoms with E-state index in [4.69, 9.17) is 14.7 Å². The smallest absolute Gasteiger partial charge is 0.223 e. The molecule has 0 amide bonds. The number of anilines is 1. The molecule has 0 radical (unpaired) electrons. The molecule has 1 aliphatic heterocycles. The zero-order valence-electron chi connectivity index (χ0n) is 18.4. The van der Waals surface area contributed by atoms with Gasteiger partial charge in [0.2, 0.25) is 5.95 Å². The van der Waals surface area contributed by atoms with Gasteiger partial charge in [-0.1, -0.05) is 0 Å². The van der Waals surface area contributed by atoms with Gasteiger partial charge in [0.1, 0.15) is 0 Å². The van der Waals surface area contributed by atoms with Gasteiger partial charge in [-0.2, -0.15) is 5.10 Å². The van der Waals surface area contributed by atoms with Gasteiger partial charge >= 0.3 is 0 Å². The van der Waals surface area contributed by atoms with Gasteiger partial charge in [0, 0.05) is 55.7 Å². The maximum Gasteiger partial charge on any atom is 0.223 e. The van der Waals surface area contributed by atoms with E-state index in [1.54, 1.807) is 0 Å². The van der Waals surface area contributed by atoms with Crippen LogP contribution in [0.5, 0.6) is 0 Å². The Labute approximate surface area is 188 Å². The van der Waals surface area contributed by atoms with Gasteiger partial charge < -0.3 is 15.4 Å². The molecule has 8 heteroatoms. The number of ether oxygens (including phenoxy) is 1. The number of nitrogens with zero attached hydrogens (tertiary/aromatic N) is 5. The van der Waals surface area contributed by atoms with Gasteiger partial charge in [0.05, 0.1) is 17.1 Å². The number of fused-ring (bicyclic) bond motifs is 1. The second-order valence-electron chi connectivity index (χ2n) is 9.47. The molecular weight excluding hydrogens is 402 g/mol. The lowest BCUT2D eigenvalue weighted by Gasteiger charge is -2.33. The van der Waals surface area contributed by atoms with Gasteiger partial charge in [0.25, 0.3) is 0 Å². The Bertz CT molecular complexity index is 1070. The van der Waals surface area contributed by atoms with Crippen LogP contribution in [-0.2, 0) is 4.74 Å². The molecule has 0 atom stereocenters. The van der Waals surface area contributed by atoms with Crippen molar-refractivity contribution < 1.29 is 4.74 Å². The molecule has 3 fully saturated rings. The highest BCUT2D eigenvalue weighted by Gasteiger charge is 2.27. The first kappa shape index (κ1) is 20.1. The first-order chi connectivity index (χ1) is 15.8. The van der Waals surface area contributed by atoms with Crippen molar-refractivity contribution in [3.63, 3.8) is 0 Å². The fourth-order valence-corrected chi connectivity index (χ4v) is 4.97. The topological polar surface area (TPSA) is 89.3 Å². The Morgan fingerprint density at radius 3 is 2.41 bits per heavy atom. The van der Waals surface area contributed by atoms with Crippen LogP contribution in [0.25, 0.3) is 17.0 Å². The maximum atomic E-state index is 5.48. The van der Waals surface area contributed by atoms with E-state index in [-0.39, 0.29) is 0 Å². The molecule has 3 aromatic rings. The summed E-state index contributed by atoms with van der Waals surface area (Å²) in [4.78, 5) is 14.0. The molecule has 1 saturated heterocycles. The Morgan fingerprint density at radius 1 is 0.844 bits per heavy atom. The first-order valence-electron chi connectivity index (χ1n) is 12.1. The second-order valence-corrected chi connectivity index (χ2v) is 9.47. The normalized spacial score (nSPS) is 24.6. The Morgan fingerprint density at radius 2 is 1.59 bits per heavy atom. The lowest BCUT2D eigenvalue weighted by Crippen LogP contribution is -2.44. The van der Waals surface area contributed by atoms with Crippen molar-refractivity contribution in [1.82, 2.24) is 29.9 Å². The number of aromatic nitrogens is 5. The van der Waals surface area contributed by atoms with Crippen molar-refractivity contribution in [1.29, 1.82) is 0 Å². The molecule has 0 spiro atoms. The molecule has 3 aliphatic rings. The molecule has 2 N–H and O–H groups in total. The van der Waals surface area contributed by atoms with E-state index in [0.717, 1.165) is 61.6 Å². The van der Waals surface area contributed by atoms with E-state index in [0.29, 0.717) is 30.0 Å². The summed E-state index contributed by atoms with van der Waals surface area (Å²) >= 11 is 0. The molecule has 2 saturated carbocycles. The summed E-state index contributed by atoms with van der Waals surface area (Å²) in [6, 6.07) is 7.68. The number of hydrogen-bond acceptors (Lipinski definition) is 7. The number of nitrogens with one attached hydrogen (secondary N) is 2. The quantitative estimate of drug-likeness (QED) is 0.614. The molecule has 0 unspecified atom stereocenters. The van der Waals surface area contributed by atoms with Crippen LogP contribution in [0.3, 0.4) is 0 Å². The summed E-state index contributed by atoms with van der Waals surface area (Å²) in [6.07, 6.45) is 13.2. The van der Waals surface area contributed by atoms with Gasteiger partial charge in [-0.25, -0.2) is 19.5 Å². The van der Waals surface area contributed by atoms with Gasteiger partial charge in [0.15, 0.2) is 5.65 Å². The summed E-state index contributed by atoms with van der Waals surface area (Å²) in [5.74, 6) is 1.31. The molecule has 0 bridgehead atoms. The summed E-state index contributed by atoms with van der Waals surface area (Å²) in [7, 11) is 0. The Balaban J connectivity index is 1.08. The third-order valence-corrected chi connectivity index (χ3v) is 7.01. The average Bonchev–Trinajstić information content (AvgIpc) is 3.60. The van der Waals surface area contributed by atoms with Crippen molar-refractivity contribution >= 4 is 11.6 Å². The van der Waals surface area contributed by atoms with Crippen LogP contribution >= 0.6 is 0 Å². The van der Waals surface area contributed by atoms with E-state index in [9.17, 15) is 0 Å². The SMILES string of the molecule is c1cc(-c2ccn3nc(C4CC4)cc3n2)nc(NC2CCC(NC3CCOCC3)CC2)n1. The first-order valence-corrected chi connectivity index (χ1v) is 12.1. The van der Waals surface area contributed by atoms with Crippen molar-refractivity contribution in [3.05, 3.63) is 36.3 Å². The summed E-state index contributed by atoms with van der Waals surface area (Å²) in [5.41, 5.74) is 3.73. The minimum atomic E-state index is 0.421. The van der Waals surface area contributed by atoms with Gasteiger partial charge in [-0.3, -0.25) is 0 Å². The van der Waals surface area contributed by atoms with Crippen LogP contribution in [-0.4, -0.2) is 55.9 Å². The molecule has 3 aromatic heterocycles. The lowest BCUT2D eigenvalue weighted by atomic mass is 9.90. The largest absolute Gasteiger partial charge is 0.381 e. The highest BCUT2D eigenvalue weighted by Crippen LogP contribution is 2.39. The van der Waals surface area contributed by atoms with E-state index >= 15 is 0 Å². The Kier molecular flexibility index (Phi) is 5.48. The minimum absolute atomic E-state index is 0.421. The zero-order valence-corrected chi connectivity index (χ0v) is 18.4. The standard InChI is InChI=1S/C24H31N7O/c1-2-16(1)22-15-23-28-21(8-12-31(23)30-22)20-7-11-25-24(29-20)27-18-5-3-17(4-6-18)26-19-9-13-32-14-10-19/h7-8,11-12,15-19,26H,1-6,9-10,13-14H2,(H,25,27,29). The predicted molar refractivity (Wildman–Crippen MR) is 123 cm³/mol. The third kappa shape index (κ3) is 4.47. The second kappa shape index (κ2) is 8.75. The number of rotatable bonds is 6. The molecule has 2 aliphatic carbocycles. The van der Waals surface area contributed by atoms with Crippen LogP contribution in [0.1, 0.15) is 63.0 Å². The molecule has 32 heavy (non-hydrogen) atoms. The van der Waals surface area contributed by atoms with Crippen molar-refractivity contribution in [3.8, 4) is 11.4 Å². The van der Waals surface area contributed by atoms with Crippen molar-refractivity contribution in [2.75, 3.05) is 18.5 Å². The molecule has 4 heterocycles. The minimum Gasteiger partial charge on any atom is -0.381 e. The average molecular weight is 434 g/mol. The van der Waals surface area contributed by atoms with Crippen molar-refractivity contribution in [2.45, 2.75) is 75.4 Å². The fourth-order valence-electron chi connectivity index (χ4n) is 4.97. The van der Waals surface area contributed by atoms with Crippen molar-refractivity contribution in [2.24, 2.45) is 0 Å². The fraction of sp³-hybridized carbons (Fsp3) is 0.583. The molecule has 6 rings (SSSR count). The van der Waals surface area contributed by atoms with Crippen LogP contribution in [0, 0.1) is 0 Å². The molecular formula is C24H31N7O. The highest BCUT2D eigenvalue weighted by molar-refractivity contribution is 5.58. The van der Waals surface area contributed by atoms with Crippen LogP contribution in [0.4, 0.5) is 5.95 Å². The van der Waals surface area contributed by atoms with E-state index in [2.05, 4.69) is 26.8 Å². The van der Waals surface area contributed by atoms with Crippen LogP contribution < -0.4 is 10.6 Å². The van der Waals surface area contributed by atoms with Gasteiger partial charge in [-0.05, 0) is 63.5 Å². The molecule has 0 aromatic carbocycles. The van der Waals surface area contributed by atoms with Gasteiger partial charge in [-0.15, -0.1) is 0 Å².